The smallest absolute Gasteiger partial charge is 0.240 e. The Morgan fingerprint density at radius 1 is 1.15 bits per heavy atom. The van der Waals surface area contributed by atoms with Crippen molar-refractivity contribution in [3.05, 3.63) is 29.8 Å². The third-order valence-corrected chi connectivity index (χ3v) is 5.72. The molecule has 0 aromatic heterocycles. The van der Waals surface area contributed by atoms with E-state index in [-0.39, 0.29) is 18.4 Å². The van der Waals surface area contributed by atoms with E-state index < -0.39 is 10.0 Å². The Morgan fingerprint density at radius 3 is 2.20 bits per heavy atom. The van der Waals surface area contributed by atoms with Gasteiger partial charge in [-0.3, -0.25) is 0 Å². The molecular weight excluding hydrogens is 296 g/mol. The van der Waals surface area contributed by atoms with Gasteiger partial charge in [-0.15, -0.1) is 12.4 Å². The van der Waals surface area contributed by atoms with E-state index in [1.807, 2.05) is 12.1 Å². The first kappa shape index (κ1) is 15.8. The number of sulfonamides is 1. The molecule has 2 fully saturated rings. The highest BCUT2D eigenvalue weighted by molar-refractivity contribution is 7.89. The zero-order chi connectivity index (χ0) is 13.6. The summed E-state index contributed by atoms with van der Waals surface area (Å²) in [5.74, 6) is 1.40. The molecule has 1 saturated heterocycles. The second kappa shape index (κ2) is 5.64. The molecule has 2 N–H and O–H groups in total. The minimum Gasteiger partial charge on any atom is -0.316 e. The van der Waals surface area contributed by atoms with Gasteiger partial charge in [-0.1, -0.05) is 26.0 Å². The van der Waals surface area contributed by atoms with Crippen molar-refractivity contribution in [2.75, 3.05) is 13.1 Å². The van der Waals surface area contributed by atoms with Crippen LogP contribution in [-0.2, 0) is 10.0 Å². The molecule has 0 amide bonds. The molecule has 1 heterocycles. The predicted molar refractivity (Wildman–Crippen MR) is 81.7 cm³/mol. The molecule has 112 valence electrons. The summed E-state index contributed by atoms with van der Waals surface area (Å²) in [6.07, 6.45) is 0. The van der Waals surface area contributed by atoms with Crippen LogP contribution in [0.1, 0.15) is 25.3 Å². The topological polar surface area (TPSA) is 58.2 Å². The van der Waals surface area contributed by atoms with Gasteiger partial charge in [0.25, 0.3) is 0 Å². The number of piperidine rings is 1. The molecule has 1 aliphatic carbocycles. The van der Waals surface area contributed by atoms with E-state index >= 15 is 0 Å². The maximum absolute atomic E-state index is 12.3. The van der Waals surface area contributed by atoms with Crippen molar-refractivity contribution in [2.24, 2.45) is 11.8 Å². The van der Waals surface area contributed by atoms with Crippen molar-refractivity contribution in [3.63, 3.8) is 0 Å². The minimum absolute atomic E-state index is 0. The Bertz CT molecular complexity index is 561. The van der Waals surface area contributed by atoms with Crippen LogP contribution in [0.2, 0.25) is 0 Å². The average molecular weight is 317 g/mol. The van der Waals surface area contributed by atoms with Gasteiger partial charge in [0.2, 0.25) is 10.0 Å². The second-order valence-corrected chi connectivity index (χ2v) is 7.57. The number of hydrogen-bond donors (Lipinski definition) is 2. The zero-order valence-corrected chi connectivity index (χ0v) is 13.3. The van der Waals surface area contributed by atoms with Crippen molar-refractivity contribution in [1.29, 1.82) is 0 Å². The maximum Gasteiger partial charge on any atom is 0.240 e. The Hall–Kier alpha value is -0.620. The van der Waals surface area contributed by atoms with Crippen LogP contribution in [0.25, 0.3) is 0 Å². The summed E-state index contributed by atoms with van der Waals surface area (Å²) in [5.41, 5.74) is 1.16. The van der Waals surface area contributed by atoms with E-state index in [4.69, 9.17) is 0 Å². The molecule has 1 aromatic carbocycles. The molecule has 2 atom stereocenters. The van der Waals surface area contributed by atoms with Crippen LogP contribution in [0.15, 0.2) is 29.2 Å². The van der Waals surface area contributed by atoms with Crippen LogP contribution >= 0.6 is 12.4 Å². The second-order valence-electron chi connectivity index (χ2n) is 5.86. The van der Waals surface area contributed by atoms with Crippen LogP contribution < -0.4 is 10.0 Å². The number of rotatable bonds is 4. The molecule has 2 unspecified atom stereocenters. The quantitative estimate of drug-likeness (QED) is 0.889. The molecule has 0 radical (unpaired) electrons. The summed E-state index contributed by atoms with van der Waals surface area (Å²) in [4.78, 5) is 0.370. The van der Waals surface area contributed by atoms with Crippen LogP contribution in [0.3, 0.4) is 0 Å². The van der Waals surface area contributed by atoms with Crippen LogP contribution in [-0.4, -0.2) is 27.5 Å². The lowest BCUT2D eigenvalue weighted by atomic mass is 10.0. The largest absolute Gasteiger partial charge is 0.316 e. The van der Waals surface area contributed by atoms with Crippen molar-refractivity contribution in [1.82, 2.24) is 10.0 Å². The van der Waals surface area contributed by atoms with E-state index in [9.17, 15) is 8.42 Å². The van der Waals surface area contributed by atoms with Crippen LogP contribution in [0.4, 0.5) is 0 Å². The first-order valence-electron chi connectivity index (χ1n) is 6.82. The molecule has 0 bridgehead atoms. The summed E-state index contributed by atoms with van der Waals surface area (Å²) >= 11 is 0. The Morgan fingerprint density at radius 2 is 1.70 bits per heavy atom. The lowest BCUT2D eigenvalue weighted by Gasteiger charge is -2.10. The first-order valence-corrected chi connectivity index (χ1v) is 8.30. The molecule has 0 spiro atoms. The lowest BCUT2D eigenvalue weighted by Crippen LogP contribution is -2.32. The van der Waals surface area contributed by atoms with Crippen LogP contribution in [0.5, 0.6) is 0 Å². The van der Waals surface area contributed by atoms with E-state index in [0.717, 1.165) is 18.7 Å². The highest BCUT2D eigenvalue weighted by Gasteiger charge is 2.54. The van der Waals surface area contributed by atoms with E-state index in [1.165, 1.54) is 0 Å². The Kier molecular flexibility index (Phi) is 4.44. The fraction of sp³-hybridized carbons (Fsp3) is 0.571. The van der Waals surface area contributed by atoms with Gasteiger partial charge in [0, 0.05) is 6.04 Å². The lowest BCUT2D eigenvalue weighted by molar-refractivity contribution is 0.565. The van der Waals surface area contributed by atoms with Gasteiger partial charge in [0.1, 0.15) is 0 Å². The van der Waals surface area contributed by atoms with Gasteiger partial charge in [0.05, 0.1) is 4.90 Å². The van der Waals surface area contributed by atoms with Crippen molar-refractivity contribution >= 4 is 22.4 Å². The third-order valence-electron chi connectivity index (χ3n) is 4.24. The molecule has 20 heavy (non-hydrogen) atoms. The maximum atomic E-state index is 12.3. The first-order chi connectivity index (χ1) is 8.99. The van der Waals surface area contributed by atoms with Crippen molar-refractivity contribution in [3.8, 4) is 0 Å². The van der Waals surface area contributed by atoms with E-state index in [1.54, 1.807) is 12.1 Å². The summed E-state index contributed by atoms with van der Waals surface area (Å²) in [6.45, 7) is 6.06. The summed E-state index contributed by atoms with van der Waals surface area (Å²) in [7, 11) is -3.36. The van der Waals surface area contributed by atoms with E-state index in [2.05, 4.69) is 23.9 Å². The SMILES string of the molecule is CC(C)c1ccc(S(=O)(=O)NC2C3CNCC32)cc1.Cl. The average Bonchev–Trinajstić information content (AvgIpc) is 2.82. The number of halogens is 1. The van der Waals surface area contributed by atoms with Gasteiger partial charge in [-0.25, -0.2) is 13.1 Å². The minimum atomic E-state index is -3.36. The molecule has 4 nitrogen and oxygen atoms in total. The number of nitrogens with one attached hydrogen (secondary N) is 2. The highest BCUT2D eigenvalue weighted by atomic mass is 35.5. The fourth-order valence-corrected chi connectivity index (χ4v) is 4.21. The predicted octanol–water partition coefficient (Wildman–Crippen LogP) is 1.73. The molecular formula is C14H21ClN2O2S. The standard InChI is InChI=1S/C14H20N2O2S.ClH/c1-9(2)10-3-5-11(6-4-10)19(17,18)16-14-12-7-15-8-13(12)14;/h3-6,9,12-16H,7-8H2,1-2H3;1H. The molecule has 1 aromatic rings. The van der Waals surface area contributed by atoms with Gasteiger partial charge < -0.3 is 5.32 Å². The number of benzene rings is 1. The van der Waals surface area contributed by atoms with Crippen LogP contribution in [0, 0.1) is 11.8 Å². The Labute approximate surface area is 126 Å². The van der Waals surface area contributed by atoms with Gasteiger partial charge in [-0.05, 0) is 48.5 Å². The number of hydrogen-bond acceptors (Lipinski definition) is 3. The summed E-state index contributed by atoms with van der Waals surface area (Å²) < 4.78 is 27.4. The van der Waals surface area contributed by atoms with Crippen molar-refractivity contribution < 1.29 is 8.42 Å². The molecule has 1 aliphatic heterocycles. The number of fused-ring (bicyclic) bond motifs is 1. The zero-order valence-electron chi connectivity index (χ0n) is 11.7. The van der Waals surface area contributed by atoms with E-state index in [0.29, 0.717) is 22.6 Å². The highest BCUT2D eigenvalue weighted by Crippen LogP contribution is 2.42. The molecule has 1 saturated carbocycles. The molecule has 3 rings (SSSR count). The Balaban J connectivity index is 0.00000147. The summed E-state index contributed by atoms with van der Waals surface area (Å²) in [6, 6.07) is 7.33. The molecule has 6 heteroatoms. The van der Waals surface area contributed by atoms with Gasteiger partial charge in [-0.2, -0.15) is 0 Å². The molecule has 2 aliphatic rings. The van der Waals surface area contributed by atoms with Gasteiger partial charge >= 0.3 is 0 Å². The third kappa shape index (κ3) is 2.86. The van der Waals surface area contributed by atoms with Crippen molar-refractivity contribution in [2.45, 2.75) is 30.7 Å². The fourth-order valence-electron chi connectivity index (χ4n) is 2.87. The normalized spacial score (nSPS) is 28.1. The van der Waals surface area contributed by atoms with Gasteiger partial charge in [0.15, 0.2) is 0 Å². The summed E-state index contributed by atoms with van der Waals surface area (Å²) in [5, 5.41) is 3.26. The monoisotopic (exact) mass is 316 g/mol.